The van der Waals surface area contributed by atoms with Gasteiger partial charge in [0.1, 0.15) is 11.6 Å². The summed E-state index contributed by atoms with van der Waals surface area (Å²) in [6.07, 6.45) is 13.0. The maximum Gasteiger partial charge on any atom is 0.408 e. The van der Waals surface area contributed by atoms with Gasteiger partial charge in [0, 0.05) is 43.1 Å². The molecule has 0 saturated heterocycles. The number of amides is 1. The molecule has 8 atom stereocenters. The lowest BCUT2D eigenvalue weighted by Crippen LogP contribution is -2.65. The number of carbonyl (C=O) groups is 3. The highest BCUT2D eigenvalue weighted by atomic mass is 35.5. The Kier molecular flexibility index (Phi) is 8.45. The average molecular weight is 708 g/mol. The predicted octanol–water partition coefficient (Wildman–Crippen LogP) is 9.40. The SMILES string of the molecule is CC(=O)OC1CCC2(C)C(CCC3(C)C2CCC2C4=C(C(C)C)C(=O)CC4(CCN(C(=O)O)C4(c5ncc(Cl)cn5)CC4)CCC23C)C1(C)C. The monoisotopic (exact) mass is 707 g/mol. The molecule has 0 radical (unpaired) electrons. The van der Waals surface area contributed by atoms with Crippen LogP contribution in [0.3, 0.4) is 0 Å². The summed E-state index contributed by atoms with van der Waals surface area (Å²) in [4.78, 5) is 49.6. The van der Waals surface area contributed by atoms with Gasteiger partial charge in [-0.15, -0.1) is 0 Å². The molecular weight excluding hydrogens is 650 g/mol. The highest BCUT2D eigenvalue weighted by Gasteiger charge is 2.70. The topological polar surface area (TPSA) is 110 Å². The third-order valence-corrected chi connectivity index (χ3v) is 16.3. The molecule has 8 unspecified atom stereocenters. The molecule has 7 rings (SSSR count). The summed E-state index contributed by atoms with van der Waals surface area (Å²) in [5.41, 5.74) is 1.58. The van der Waals surface area contributed by atoms with Gasteiger partial charge < -0.3 is 9.84 Å². The van der Waals surface area contributed by atoms with E-state index in [2.05, 4.69) is 58.4 Å². The number of hydrogen-bond acceptors (Lipinski definition) is 6. The molecule has 1 amide bonds. The van der Waals surface area contributed by atoms with Gasteiger partial charge in [0.2, 0.25) is 0 Å². The number of fused-ring (bicyclic) bond motifs is 7. The van der Waals surface area contributed by atoms with E-state index in [4.69, 9.17) is 16.3 Å². The van der Waals surface area contributed by atoms with Crippen molar-refractivity contribution in [2.24, 2.45) is 50.7 Å². The summed E-state index contributed by atoms with van der Waals surface area (Å²) in [7, 11) is 0. The van der Waals surface area contributed by atoms with Crippen LogP contribution in [0.4, 0.5) is 4.79 Å². The number of allylic oxidation sites excluding steroid dienone is 2. The number of carbonyl (C=O) groups excluding carboxylic acids is 2. The molecule has 5 fully saturated rings. The number of nitrogens with zero attached hydrogens (tertiary/aromatic N) is 3. The average Bonchev–Trinajstić information content (AvgIpc) is 3.76. The van der Waals surface area contributed by atoms with E-state index in [1.54, 1.807) is 17.3 Å². The van der Waals surface area contributed by atoms with Gasteiger partial charge in [0.05, 0.1) is 5.02 Å². The van der Waals surface area contributed by atoms with E-state index in [0.29, 0.717) is 60.8 Å². The predicted molar refractivity (Wildman–Crippen MR) is 192 cm³/mol. The largest absolute Gasteiger partial charge is 0.465 e. The first kappa shape index (κ1) is 35.9. The smallest absolute Gasteiger partial charge is 0.408 e. The van der Waals surface area contributed by atoms with Crippen LogP contribution in [0.2, 0.25) is 5.02 Å². The van der Waals surface area contributed by atoms with E-state index in [0.717, 1.165) is 56.9 Å². The molecule has 0 aliphatic heterocycles. The van der Waals surface area contributed by atoms with Crippen LogP contribution in [0.1, 0.15) is 138 Å². The van der Waals surface area contributed by atoms with Crippen LogP contribution in [-0.4, -0.2) is 50.5 Å². The van der Waals surface area contributed by atoms with Gasteiger partial charge in [0.25, 0.3) is 0 Å². The van der Waals surface area contributed by atoms with Crippen LogP contribution in [0, 0.1) is 50.7 Å². The molecule has 50 heavy (non-hydrogen) atoms. The number of halogens is 1. The van der Waals surface area contributed by atoms with Crippen LogP contribution >= 0.6 is 11.6 Å². The fourth-order valence-corrected chi connectivity index (χ4v) is 13.6. The molecule has 0 aromatic carbocycles. The summed E-state index contributed by atoms with van der Waals surface area (Å²) in [6.45, 7) is 18.6. The second-order valence-corrected chi connectivity index (χ2v) is 19.3. The lowest BCUT2D eigenvalue weighted by atomic mass is 9.33. The van der Waals surface area contributed by atoms with Gasteiger partial charge in [0.15, 0.2) is 11.6 Å². The van der Waals surface area contributed by atoms with E-state index < -0.39 is 11.6 Å². The molecule has 9 heteroatoms. The maximum atomic E-state index is 14.1. The summed E-state index contributed by atoms with van der Waals surface area (Å²) in [5, 5.41) is 11.0. The molecule has 6 aliphatic carbocycles. The zero-order chi connectivity index (χ0) is 36.2. The van der Waals surface area contributed by atoms with Crippen LogP contribution in [0.25, 0.3) is 0 Å². The Bertz CT molecular complexity index is 1620. The van der Waals surface area contributed by atoms with Gasteiger partial charge in [-0.05, 0) is 116 Å². The Morgan fingerprint density at radius 2 is 1.62 bits per heavy atom. The molecule has 5 saturated carbocycles. The van der Waals surface area contributed by atoms with Gasteiger partial charge >= 0.3 is 12.1 Å². The molecule has 1 aromatic rings. The Labute approximate surface area is 303 Å². The van der Waals surface area contributed by atoms with Crippen molar-refractivity contribution in [1.82, 2.24) is 14.9 Å². The van der Waals surface area contributed by atoms with E-state index in [1.165, 1.54) is 12.5 Å². The number of ketones is 1. The molecule has 1 heterocycles. The second kappa shape index (κ2) is 11.8. The van der Waals surface area contributed by atoms with Crippen molar-refractivity contribution >= 4 is 29.4 Å². The molecule has 8 nitrogen and oxygen atoms in total. The van der Waals surface area contributed by atoms with Crippen LogP contribution in [-0.2, 0) is 19.9 Å². The number of esters is 1. The highest BCUT2D eigenvalue weighted by Crippen LogP contribution is 2.77. The van der Waals surface area contributed by atoms with Crippen LogP contribution in [0.5, 0.6) is 0 Å². The van der Waals surface area contributed by atoms with E-state index in [9.17, 15) is 19.5 Å². The van der Waals surface area contributed by atoms with E-state index in [1.807, 2.05) is 0 Å². The van der Waals surface area contributed by atoms with Gasteiger partial charge in [-0.1, -0.05) is 65.6 Å². The van der Waals surface area contributed by atoms with Crippen molar-refractivity contribution in [3.05, 3.63) is 34.4 Å². The number of hydrogen-bond donors (Lipinski definition) is 1. The zero-order valence-electron chi connectivity index (χ0n) is 31.5. The first-order valence-corrected chi connectivity index (χ1v) is 19.7. The summed E-state index contributed by atoms with van der Waals surface area (Å²) < 4.78 is 5.95. The first-order valence-electron chi connectivity index (χ1n) is 19.3. The van der Waals surface area contributed by atoms with Crippen molar-refractivity contribution in [3.8, 4) is 0 Å². The Morgan fingerprint density at radius 3 is 2.22 bits per heavy atom. The minimum atomic E-state index is -0.957. The molecular formula is C41H58ClN3O5. The number of carboxylic acid groups (broad SMARTS) is 1. The Morgan fingerprint density at radius 1 is 0.940 bits per heavy atom. The van der Waals surface area contributed by atoms with Gasteiger partial charge in [-0.3, -0.25) is 14.5 Å². The van der Waals surface area contributed by atoms with Crippen molar-refractivity contribution in [2.45, 2.75) is 144 Å². The molecule has 0 bridgehead atoms. The first-order chi connectivity index (χ1) is 23.4. The summed E-state index contributed by atoms with van der Waals surface area (Å²) in [5.74, 6) is 2.08. The fraction of sp³-hybridized carbons (Fsp3) is 0.780. The lowest BCUT2D eigenvalue weighted by Gasteiger charge is -2.72. The van der Waals surface area contributed by atoms with E-state index >= 15 is 0 Å². The van der Waals surface area contributed by atoms with Crippen molar-refractivity contribution in [2.75, 3.05) is 6.54 Å². The standard InChI is InChI=1S/C41H58ClN3O5/c1-24(2)32-28(47)21-40(19-20-45(35(48)49)41(17-18-41)34-43-22-26(42)23-44-34)16-15-38(7)27(33(32)40)9-10-30-37(6)13-12-31(50-25(3)46)36(4,5)29(37)11-14-39(30,38)8/h22-24,27,29-31H,9-21H2,1-8H3,(H,48,49). The quantitative estimate of drug-likeness (QED) is 0.281. The van der Waals surface area contributed by atoms with Gasteiger partial charge in [-0.2, -0.15) is 0 Å². The third kappa shape index (κ3) is 4.99. The van der Waals surface area contributed by atoms with Crippen LogP contribution in [0.15, 0.2) is 23.5 Å². The Balaban J connectivity index is 1.21. The lowest BCUT2D eigenvalue weighted by molar-refractivity contribution is -0.233. The highest BCUT2D eigenvalue weighted by molar-refractivity contribution is 6.30. The number of rotatable bonds is 7. The molecule has 1 N–H and O–H groups in total. The van der Waals surface area contributed by atoms with Crippen LogP contribution < -0.4 is 0 Å². The minimum Gasteiger partial charge on any atom is -0.465 e. The number of Topliss-reactive ketones (excluding diaryl/α,β-unsaturated/α-hetero) is 1. The summed E-state index contributed by atoms with van der Waals surface area (Å²) >= 11 is 6.09. The summed E-state index contributed by atoms with van der Waals surface area (Å²) in [6, 6.07) is 0. The maximum absolute atomic E-state index is 14.1. The third-order valence-electron chi connectivity index (χ3n) is 16.1. The molecule has 1 aromatic heterocycles. The van der Waals surface area contributed by atoms with Crippen molar-refractivity contribution < 1.29 is 24.2 Å². The fourth-order valence-electron chi connectivity index (χ4n) is 13.5. The van der Waals surface area contributed by atoms with E-state index in [-0.39, 0.29) is 50.8 Å². The van der Waals surface area contributed by atoms with Crippen molar-refractivity contribution in [3.63, 3.8) is 0 Å². The molecule has 6 aliphatic rings. The van der Waals surface area contributed by atoms with Crippen molar-refractivity contribution in [1.29, 1.82) is 0 Å². The second-order valence-electron chi connectivity index (χ2n) is 18.9. The number of ether oxygens (including phenoxy) is 1. The molecule has 0 spiro atoms. The van der Waals surface area contributed by atoms with Gasteiger partial charge in [-0.25, -0.2) is 14.8 Å². The Hall–Kier alpha value is -2.48. The zero-order valence-corrected chi connectivity index (χ0v) is 32.3. The normalized spacial score (nSPS) is 39.6. The minimum absolute atomic E-state index is 0.0334. The number of aromatic nitrogens is 2. The molecule has 274 valence electrons.